The molecule has 0 radical (unpaired) electrons. The van der Waals surface area contributed by atoms with E-state index in [0.717, 1.165) is 29.5 Å². The fraction of sp³-hybridized carbons (Fsp3) is 0.158. The lowest BCUT2D eigenvalue weighted by atomic mass is 10.2. The fourth-order valence-electron chi connectivity index (χ4n) is 2.63. The summed E-state index contributed by atoms with van der Waals surface area (Å²) in [7, 11) is 1.54. The second-order valence-electron chi connectivity index (χ2n) is 5.97. The number of methoxy groups -OCH3 is 1. The molecule has 0 spiro atoms. The number of nitro benzene ring substituents is 1. The van der Waals surface area contributed by atoms with Crippen LogP contribution in [-0.2, 0) is 12.7 Å². The Hall–Kier alpha value is -3.34. The zero-order chi connectivity index (χ0) is 21.9. The van der Waals surface area contributed by atoms with Crippen LogP contribution in [-0.4, -0.2) is 26.8 Å². The summed E-state index contributed by atoms with van der Waals surface area (Å²) in [5, 5.41) is 19.8. The number of hydrogen-bond acceptors (Lipinski definition) is 6. The molecule has 1 aromatic heterocycles. The summed E-state index contributed by atoms with van der Waals surface area (Å²) < 4.78 is 45.6. The van der Waals surface area contributed by atoms with Crippen LogP contribution in [0.2, 0.25) is 0 Å². The minimum absolute atomic E-state index is 0.0204. The van der Waals surface area contributed by atoms with Gasteiger partial charge in [-0.3, -0.25) is 14.7 Å². The predicted molar refractivity (Wildman–Crippen MR) is 104 cm³/mol. The molecule has 2 aromatic carbocycles. The summed E-state index contributed by atoms with van der Waals surface area (Å²) >= 11 is 0.859. The van der Waals surface area contributed by atoms with Gasteiger partial charge in [0.1, 0.15) is 5.75 Å². The average Bonchev–Trinajstić information content (AvgIpc) is 3.10. The van der Waals surface area contributed by atoms with Crippen LogP contribution in [0.4, 0.5) is 18.9 Å². The van der Waals surface area contributed by atoms with Gasteiger partial charge >= 0.3 is 6.18 Å². The van der Waals surface area contributed by atoms with Gasteiger partial charge < -0.3 is 4.74 Å². The van der Waals surface area contributed by atoms with E-state index in [-0.39, 0.29) is 10.1 Å². The van der Waals surface area contributed by atoms with Crippen molar-refractivity contribution < 1.29 is 22.8 Å². The molecule has 0 aliphatic heterocycles. The van der Waals surface area contributed by atoms with Gasteiger partial charge in [0, 0.05) is 18.2 Å². The monoisotopic (exact) mass is 436 g/mol. The molecule has 0 N–H and O–H groups in total. The van der Waals surface area contributed by atoms with Crippen molar-refractivity contribution in [3.8, 4) is 17.1 Å². The van der Waals surface area contributed by atoms with Crippen molar-refractivity contribution in [2.75, 3.05) is 7.11 Å². The van der Waals surface area contributed by atoms with Gasteiger partial charge in [-0.2, -0.15) is 13.2 Å². The molecule has 0 atom stereocenters. The van der Waals surface area contributed by atoms with E-state index in [4.69, 9.17) is 4.74 Å². The van der Waals surface area contributed by atoms with Gasteiger partial charge in [-0.25, -0.2) is 0 Å². The first-order valence-electron chi connectivity index (χ1n) is 8.46. The number of nitro groups is 1. The van der Waals surface area contributed by atoms with E-state index in [2.05, 4.69) is 16.8 Å². The normalized spacial score (nSPS) is 11.3. The Morgan fingerprint density at radius 3 is 2.50 bits per heavy atom. The first-order chi connectivity index (χ1) is 14.2. The number of aromatic nitrogens is 3. The Bertz CT molecular complexity index is 1080. The summed E-state index contributed by atoms with van der Waals surface area (Å²) in [5.41, 5.74) is -1.03. The average molecular weight is 436 g/mol. The molecule has 0 saturated heterocycles. The SMILES string of the molecule is C=CCn1c(Sc2ccc(C(F)(F)F)cc2[N+](=O)[O-])nnc1-c1ccc(OC)cc1. The van der Waals surface area contributed by atoms with Crippen LogP contribution >= 0.6 is 11.8 Å². The van der Waals surface area contributed by atoms with E-state index in [1.54, 1.807) is 42.0 Å². The molecule has 1 heterocycles. The molecule has 0 aliphatic carbocycles. The Labute approximate surface area is 173 Å². The van der Waals surface area contributed by atoms with E-state index in [1.807, 2.05) is 0 Å². The van der Waals surface area contributed by atoms with Crippen LogP contribution in [0.5, 0.6) is 5.75 Å². The first kappa shape index (κ1) is 21.4. The number of hydrogen-bond donors (Lipinski definition) is 0. The van der Waals surface area contributed by atoms with Crippen LogP contribution in [0.25, 0.3) is 11.4 Å². The molecule has 0 unspecified atom stereocenters. The highest BCUT2D eigenvalue weighted by atomic mass is 32.2. The van der Waals surface area contributed by atoms with Gasteiger partial charge in [-0.05, 0) is 48.2 Å². The number of alkyl halides is 3. The summed E-state index contributed by atoms with van der Waals surface area (Å²) in [4.78, 5) is 10.5. The Morgan fingerprint density at radius 1 is 1.23 bits per heavy atom. The molecule has 11 heteroatoms. The highest BCUT2D eigenvalue weighted by Crippen LogP contribution is 2.39. The lowest BCUT2D eigenvalue weighted by Gasteiger charge is -2.10. The molecule has 7 nitrogen and oxygen atoms in total. The fourth-order valence-corrected chi connectivity index (χ4v) is 3.56. The number of benzene rings is 2. The summed E-state index contributed by atoms with van der Waals surface area (Å²) in [6, 6.07) is 9.42. The largest absolute Gasteiger partial charge is 0.497 e. The number of allylic oxidation sites excluding steroid dienone is 1. The van der Waals surface area contributed by atoms with Crippen molar-refractivity contribution >= 4 is 17.4 Å². The second kappa shape index (κ2) is 8.57. The first-order valence-corrected chi connectivity index (χ1v) is 9.28. The van der Waals surface area contributed by atoms with E-state index < -0.39 is 22.4 Å². The standard InChI is InChI=1S/C19H15F3N4O3S/c1-3-10-25-17(12-4-7-14(29-2)8-5-12)23-24-18(25)30-16-9-6-13(19(20,21)22)11-15(16)26(27)28/h3-9,11H,1,10H2,2H3. The number of ether oxygens (including phenoxy) is 1. The Kier molecular flexibility index (Phi) is 6.11. The second-order valence-corrected chi connectivity index (χ2v) is 6.98. The Balaban J connectivity index is 2.01. The van der Waals surface area contributed by atoms with Crippen LogP contribution in [0.15, 0.2) is 65.2 Å². The van der Waals surface area contributed by atoms with Gasteiger partial charge in [0.15, 0.2) is 11.0 Å². The van der Waals surface area contributed by atoms with Gasteiger partial charge in [0.25, 0.3) is 5.69 Å². The van der Waals surface area contributed by atoms with E-state index in [1.165, 1.54) is 0 Å². The third-order valence-corrected chi connectivity index (χ3v) is 5.11. The molecule has 3 aromatic rings. The molecule has 0 bridgehead atoms. The quantitative estimate of drug-likeness (QED) is 0.287. The smallest absolute Gasteiger partial charge is 0.416 e. The van der Waals surface area contributed by atoms with Crippen molar-refractivity contribution in [2.45, 2.75) is 22.8 Å². The van der Waals surface area contributed by atoms with E-state index in [0.29, 0.717) is 24.2 Å². The van der Waals surface area contributed by atoms with Gasteiger partial charge in [0.2, 0.25) is 0 Å². The molecule has 30 heavy (non-hydrogen) atoms. The van der Waals surface area contributed by atoms with Crippen LogP contribution in [0.1, 0.15) is 5.56 Å². The lowest BCUT2D eigenvalue weighted by Crippen LogP contribution is -2.06. The maximum atomic E-state index is 12.9. The summed E-state index contributed by atoms with van der Waals surface area (Å²) in [6.45, 7) is 3.99. The van der Waals surface area contributed by atoms with E-state index >= 15 is 0 Å². The topological polar surface area (TPSA) is 83.1 Å². The third-order valence-electron chi connectivity index (χ3n) is 4.06. The molecule has 0 amide bonds. The maximum Gasteiger partial charge on any atom is 0.416 e. The zero-order valence-electron chi connectivity index (χ0n) is 15.6. The number of rotatable bonds is 7. The number of nitrogens with zero attached hydrogens (tertiary/aromatic N) is 4. The third kappa shape index (κ3) is 4.46. The van der Waals surface area contributed by atoms with Gasteiger partial charge in [-0.15, -0.1) is 16.8 Å². The minimum Gasteiger partial charge on any atom is -0.497 e. The summed E-state index contributed by atoms with van der Waals surface area (Å²) in [5.74, 6) is 1.14. The highest BCUT2D eigenvalue weighted by Gasteiger charge is 2.33. The van der Waals surface area contributed by atoms with Crippen molar-refractivity contribution in [3.05, 3.63) is 70.8 Å². The highest BCUT2D eigenvalue weighted by molar-refractivity contribution is 7.99. The van der Waals surface area contributed by atoms with Crippen LogP contribution in [0, 0.1) is 10.1 Å². The molecule has 156 valence electrons. The zero-order valence-corrected chi connectivity index (χ0v) is 16.4. The molecule has 0 aliphatic rings. The van der Waals surface area contributed by atoms with Crippen LogP contribution in [0.3, 0.4) is 0 Å². The van der Waals surface area contributed by atoms with E-state index in [9.17, 15) is 23.3 Å². The lowest BCUT2D eigenvalue weighted by molar-refractivity contribution is -0.388. The van der Waals surface area contributed by atoms with Crippen LogP contribution < -0.4 is 4.74 Å². The maximum absolute atomic E-state index is 12.9. The van der Waals surface area contributed by atoms with Crippen molar-refractivity contribution in [2.24, 2.45) is 0 Å². The Morgan fingerprint density at radius 2 is 1.93 bits per heavy atom. The van der Waals surface area contributed by atoms with Crippen molar-refractivity contribution in [1.82, 2.24) is 14.8 Å². The van der Waals surface area contributed by atoms with Crippen molar-refractivity contribution in [3.63, 3.8) is 0 Å². The molecule has 3 rings (SSSR count). The van der Waals surface area contributed by atoms with Gasteiger partial charge in [0.05, 0.1) is 22.5 Å². The number of halogens is 3. The molecule has 0 saturated carbocycles. The molecular formula is C19H15F3N4O3S. The summed E-state index contributed by atoms with van der Waals surface area (Å²) in [6.07, 6.45) is -3.08. The molecular weight excluding hydrogens is 421 g/mol. The van der Waals surface area contributed by atoms with Crippen molar-refractivity contribution in [1.29, 1.82) is 0 Å². The van der Waals surface area contributed by atoms with Gasteiger partial charge in [-0.1, -0.05) is 6.08 Å². The minimum atomic E-state index is -4.68. The predicted octanol–water partition coefficient (Wildman–Crippen LogP) is 5.22. The molecule has 0 fully saturated rings.